The van der Waals surface area contributed by atoms with Crippen LogP contribution in [-0.2, 0) is 0 Å². The lowest BCUT2D eigenvalue weighted by molar-refractivity contribution is 0.0905. The molecule has 124 valence electrons. The molecule has 1 aliphatic rings. The van der Waals surface area contributed by atoms with Crippen molar-refractivity contribution < 1.29 is 13.6 Å². The normalized spacial score (nSPS) is 16.3. The summed E-state index contributed by atoms with van der Waals surface area (Å²) in [6, 6.07) is 8.66. The summed E-state index contributed by atoms with van der Waals surface area (Å²) in [5.41, 5.74) is 0.282. The summed E-state index contributed by atoms with van der Waals surface area (Å²) >= 11 is 0. The molecule has 0 aliphatic heterocycles. The molecule has 0 radical (unpaired) electrons. The maximum absolute atomic E-state index is 12.5. The van der Waals surface area contributed by atoms with Gasteiger partial charge in [0.25, 0.3) is 5.91 Å². The fourth-order valence-electron chi connectivity index (χ4n) is 3.39. The minimum absolute atomic E-state index is 0.102. The summed E-state index contributed by atoms with van der Waals surface area (Å²) in [7, 11) is 0. The van der Waals surface area contributed by atoms with Crippen LogP contribution in [-0.4, -0.2) is 11.9 Å². The molecule has 24 heavy (non-hydrogen) atoms. The molecule has 5 heteroatoms. The molecule has 0 spiro atoms. The van der Waals surface area contributed by atoms with Crippen LogP contribution in [0.2, 0.25) is 0 Å². The zero-order valence-electron chi connectivity index (χ0n) is 13.3. The summed E-state index contributed by atoms with van der Waals surface area (Å²) < 4.78 is 11.1. The first-order valence-electron chi connectivity index (χ1n) is 8.48. The van der Waals surface area contributed by atoms with Crippen LogP contribution in [0, 0.1) is 0 Å². The summed E-state index contributed by atoms with van der Waals surface area (Å²) in [5, 5.41) is 3.81. The summed E-state index contributed by atoms with van der Waals surface area (Å²) in [6.45, 7) is 0. The van der Waals surface area contributed by atoms with Crippen LogP contribution in [0.4, 0.5) is 0 Å². The van der Waals surface area contributed by atoms with Crippen molar-refractivity contribution in [3.8, 4) is 0 Å². The van der Waals surface area contributed by atoms with E-state index in [0.29, 0.717) is 16.4 Å². The zero-order valence-corrected chi connectivity index (χ0v) is 13.3. The minimum atomic E-state index is -0.281. The number of nitrogens with one attached hydrogen (secondary N) is 1. The van der Waals surface area contributed by atoms with Gasteiger partial charge in [0.05, 0.1) is 5.39 Å². The van der Waals surface area contributed by atoms with Gasteiger partial charge >= 0.3 is 5.78 Å². The molecule has 2 heterocycles. The molecule has 3 aromatic rings. The smallest absolute Gasteiger partial charge is 0.302 e. The Bertz CT molecular complexity index is 945. The van der Waals surface area contributed by atoms with Crippen molar-refractivity contribution in [2.45, 2.75) is 44.6 Å². The van der Waals surface area contributed by atoms with Gasteiger partial charge in [0, 0.05) is 12.1 Å². The highest BCUT2D eigenvalue weighted by atomic mass is 16.5. The summed E-state index contributed by atoms with van der Waals surface area (Å²) in [4.78, 5) is 25.0. The molecule has 1 aromatic carbocycles. The maximum Gasteiger partial charge on any atom is 0.302 e. The van der Waals surface area contributed by atoms with Crippen LogP contribution >= 0.6 is 0 Å². The predicted molar refractivity (Wildman–Crippen MR) is 91.2 cm³/mol. The number of hydrogen-bond donors (Lipinski definition) is 1. The number of carbonyl (C=O) groups is 1. The van der Waals surface area contributed by atoms with Gasteiger partial charge in [-0.1, -0.05) is 37.8 Å². The van der Waals surface area contributed by atoms with Gasteiger partial charge in [-0.15, -0.1) is 0 Å². The number of para-hydroxylation sites is 1. The van der Waals surface area contributed by atoms with Gasteiger partial charge in [-0.2, -0.15) is 0 Å². The van der Waals surface area contributed by atoms with E-state index in [4.69, 9.17) is 8.83 Å². The van der Waals surface area contributed by atoms with Crippen molar-refractivity contribution in [1.29, 1.82) is 0 Å². The standard InChI is InChI=1S/C19H19NO4/c21-17-13-9-5-6-10-15(13)23-19-14(17)11-16(24-19)18(22)20-12-7-3-1-2-4-8-12/h5-6,9-12H,1-4,7-8H2,(H,20,22). The first kappa shape index (κ1) is 15.0. The number of hydrogen-bond acceptors (Lipinski definition) is 4. The largest absolute Gasteiger partial charge is 0.425 e. The molecule has 0 unspecified atom stereocenters. The number of fused-ring (bicyclic) bond motifs is 2. The topological polar surface area (TPSA) is 72.5 Å². The molecule has 2 aromatic heterocycles. The Kier molecular flexibility index (Phi) is 3.84. The molecule has 1 saturated carbocycles. The van der Waals surface area contributed by atoms with E-state index in [2.05, 4.69) is 5.32 Å². The van der Waals surface area contributed by atoms with E-state index in [0.717, 1.165) is 25.7 Å². The molecule has 0 atom stereocenters. The molecule has 0 saturated heterocycles. The van der Waals surface area contributed by atoms with Crippen LogP contribution in [0.25, 0.3) is 22.1 Å². The average molecular weight is 325 g/mol. The van der Waals surface area contributed by atoms with Crippen LogP contribution < -0.4 is 10.7 Å². The molecule has 1 aliphatic carbocycles. The van der Waals surface area contributed by atoms with Crippen molar-refractivity contribution in [2.75, 3.05) is 0 Å². The fourth-order valence-corrected chi connectivity index (χ4v) is 3.39. The van der Waals surface area contributed by atoms with E-state index in [-0.39, 0.29) is 28.9 Å². The van der Waals surface area contributed by atoms with Crippen LogP contribution in [0.5, 0.6) is 0 Å². The number of rotatable bonds is 2. The first-order chi connectivity index (χ1) is 11.7. The lowest BCUT2D eigenvalue weighted by Gasteiger charge is -2.14. The van der Waals surface area contributed by atoms with Crippen LogP contribution in [0.15, 0.2) is 44.0 Å². The summed E-state index contributed by atoms with van der Waals surface area (Å²) in [5.74, 6) is -0.0492. The number of benzene rings is 1. The van der Waals surface area contributed by atoms with Crippen molar-refractivity contribution in [3.63, 3.8) is 0 Å². The molecule has 0 bridgehead atoms. The third-order valence-electron chi connectivity index (χ3n) is 4.69. The average Bonchev–Trinajstić information content (AvgIpc) is 2.86. The van der Waals surface area contributed by atoms with Crippen molar-refractivity contribution in [1.82, 2.24) is 5.32 Å². The van der Waals surface area contributed by atoms with Crippen LogP contribution in [0.3, 0.4) is 0 Å². The minimum Gasteiger partial charge on any atom is -0.425 e. The monoisotopic (exact) mass is 325 g/mol. The number of furan rings is 1. The summed E-state index contributed by atoms with van der Waals surface area (Å²) in [6.07, 6.45) is 6.71. The van der Waals surface area contributed by atoms with E-state index in [1.165, 1.54) is 18.9 Å². The highest BCUT2D eigenvalue weighted by Crippen LogP contribution is 2.22. The lowest BCUT2D eigenvalue weighted by atomic mass is 10.1. The Labute approximate surface area is 138 Å². The molecular weight excluding hydrogens is 306 g/mol. The van der Waals surface area contributed by atoms with E-state index in [1.807, 2.05) is 0 Å². The van der Waals surface area contributed by atoms with Crippen molar-refractivity contribution >= 4 is 28.0 Å². The van der Waals surface area contributed by atoms with E-state index < -0.39 is 0 Å². The second-order valence-corrected chi connectivity index (χ2v) is 6.40. The third-order valence-corrected chi connectivity index (χ3v) is 4.69. The Hall–Kier alpha value is -2.56. The second-order valence-electron chi connectivity index (χ2n) is 6.40. The van der Waals surface area contributed by atoms with Gasteiger partial charge in [-0.3, -0.25) is 9.59 Å². The predicted octanol–water partition coefficient (Wildman–Crippen LogP) is 3.99. The Morgan fingerprint density at radius 3 is 2.54 bits per heavy atom. The molecular formula is C19H19NO4. The van der Waals surface area contributed by atoms with Crippen LogP contribution in [0.1, 0.15) is 49.1 Å². The van der Waals surface area contributed by atoms with Crippen molar-refractivity contribution in [3.05, 3.63) is 46.3 Å². The Morgan fingerprint density at radius 2 is 1.75 bits per heavy atom. The first-order valence-corrected chi connectivity index (χ1v) is 8.48. The van der Waals surface area contributed by atoms with Gasteiger partial charge in [0.2, 0.25) is 5.43 Å². The third kappa shape index (κ3) is 2.70. The van der Waals surface area contributed by atoms with Crippen molar-refractivity contribution in [2.24, 2.45) is 0 Å². The maximum atomic E-state index is 12.5. The van der Waals surface area contributed by atoms with Gasteiger partial charge in [0.1, 0.15) is 11.0 Å². The fraction of sp³-hybridized carbons (Fsp3) is 0.368. The highest BCUT2D eigenvalue weighted by Gasteiger charge is 2.20. The highest BCUT2D eigenvalue weighted by molar-refractivity contribution is 5.97. The zero-order chi connectivity index (χ0) is 16.5. The quantitative estimate of drug-likeness (QED) is 0.723. The lowest BCUT2D eigenvalue weighted by Crippen LogP contribution is -2.34. The van der Waals surface area contributed by atoms with Gasteiger partial charge < -0.3 is 14.2 Å². The number of amides is 1. The van der Waals surface area contributed by atoms with E-state index in [9.17, 15) is 9.59 Å². The Morgan fingerprint density at radius 1 is 1.00 bits per heavy atom. The molecule has 5 nitrogen and oxygen atoms in total. The molecule has 1 N–H and O–H groups in total. The van der Waals surface area contributed by atoms with Gasteiger partial charge in [-0.05, 0) is 25.0 Å². The molecule has 4 rings (SSSR count). The molecule has 1 fully saturated rings. The van der Waals surface area contributed by atoms with Gasteiger partial charge in [0.15, 0.2) is 5.76 Å². The van der Waals surface area contributed by atoms with E-state index in [1.54, 1.807) is 24.3 Å². The molecule has 1 amide bonds. The number of carbonyl (C=O) groups excluding carboxylic acids is 1. The second kappa shape index (κ2) is 6.15. The van der Waals surface area contributed by atoms with Gasteiger partial charge in [-0.25, -0.2) is 0 Å². The Balaban J connectivity index is 1.67. The van der Waals surface area contributed by atoms with E-state index >= 15 is 0 Å². The SMILES string of the molecule is O=C(NC1CCCCCC1)c1cc2c(=O)c3ccccc3oc2o1.